The normalized spacial score (nSPS) is 16.9. The number of piperazine rings is 1. The molecule has 1 aliphatic heterocycles. The summed E-state index contributed by atoms with van der Waals surface area (Å²) in [7, 11) is 3.86. The number of likely N-dealkylation sites (N-methyl/N-ethyl adjacent to an activating group) is 1. The molecule has 3 rings (SSSR count). The predicted molar refractivity (Wildman–Crippen MR) is 108 cm³/mol. The Balaban J connectivity index is 0.00000261. The van der Waals surface area contributed by atoms with E-state index in [0.717, 1.165) is 44.2 Å². The first-order valence-electron chi connectivity index (χ1n) is 9.38. The minimum atomic E-state index is 0. The first-order valence-corrected chi connectivity index (χ1v) is 9.38. The van der Waals surface area contributed by atoms with Gasteiger partial charge in [0.2, 0.25) is 0 Å². The number of nitrogens with zero attached hydrogens (tertiary/aromatic N) is 6. The van der Waals surface area contributed by atoms with Crippen LogP contribution in [0.5, 0.6) is 5.75 Å². The van der Waals surface area contributed by atoms with E-state index in [9.17, 15) is 0 Å². The Kier molecular flexibility index (Phi) is 8.01. The molecule has 0 radical (unpaired) electrons. The maximum absolute atomic E-state index is 5.24. The van der Waals surface area contributed by atoms with Gasteiger partial charge in [-0.25, -0.2) is 4.68 Å². The van der Waals surface area contributed by atoms with E-state index in [1.54, 1.807) is 7.11 Å². The van der Waals surface area contributed by atoms with E-state index in [0.29, 0.717) is 12.5 Å². The largest absolute Gasteiger partial charge is 0.497 e. The van der Waals surface area contributed by atoms with Crippen molar-refractivity contribution in [2.24, 2.45) is 5.92 Å². The maximum atomic E-state index is 5.24. The summed E-state index contributed by atoms with van der Waals surface area (Å²) in [5.41, 5.74) is 1.17. The van der Waals surface area contributed by atoms with Crippen LogP contribution < -0.4 is 4.74 Å². The smallest absolute Gasteiger partial charge is 0.168 e. The highest BCUT2D eigenvalue weighted by atomic mass is 35.5. The summed E-state index contributed by atoms with van der Waals surface area (Å²) in [4.78, 5) is 4.92. The van der Waals surface area contributed by atoms with E-state index in [4.69, 9.17) is 4.74 Å². The standard InChI is InChI=1S/C19H30N6O.ClH/c1-15(2)13-18(24-11-9-23(3)10-12-24)19-20-21-22-25(19)14-16-5-7-17(26-4)8-6-16;/h5-8,15,18H,9-14H2,1-4H3;1H. The number of halogens is 1. The topological polar surface area (TPSA) is 59.3 Å². The van der Waals surface area contributed by atoms with Crippen molar-refractivity contribution in [3.05, 3.63) is 35.7 Å². The second kappa shape index (κ2) is 10.0. The Labute approximate surface area is 168 Å². The molecule has 2 heterocycles. The SMILES string of the molecule is COc1ccc(Cn2nnnc2C(CC(C)C)N2CCN(C)CC2)cc1.Cl. The molecule has 1 unspecified atom stereocenters. The lowest BCUT2D eigenvalue weighted by atomic mass is 10.0. The molecule has 1 atom stereocenters. The van der Waals surface area contributed by atoms with Crippen molar-refractivity contribution < 1.29 is 4.74 Å². The van der Waals surface area contributed by atoms with Crippen molar-refractivity contribution in [3.8, 4) is 5.75 Å². The highest BCUT2D eigenvalue weighted by molar-refractivity contribution is 5.85. The molecular weight excluding hydrogens is 364 g/mol. The molecule has 0 amide bonds. The number of methoxy groups -OCH3 is 1. The average Bonchev–Trinajstić information content (AvgIpc) is 3.09. The van der Waals surface area contributed by atoms with Crippen LogP contribution in [0.1, 0.15) is 37.7 Å². The molecule has 27 heavy (non-hydrogen) atoms. The van der Waals surface area contributed by atoms with Crippen LogP contribution in [0.4, 0.5) is 0 Å². The minimum absolute atomic E-state index is 0. The molecule has 1 aliphatic rings. The summed E-state index contributed by atoms with van der Waals surface area (Å²) in [6.07, 6.45) is 1.06. The summed E-state index contributed by atoms with van der Waals surface area (Å²) in [6, 6.07) is 8.35. The van der Waals surface area contributed by atoms with Crippen molar-refractivity contribution >= 4 is 12.4 Å². The van der Waals surface area contributed by atoms with Gasteiger partial charge < -0.3 is 9.64 Å². The molecule has 150 valence electrons. The molecule has 7 nitrogen and oxygen atoms in total. The molecule has 1 aromatic carbocycles. The number of hydrogen-bond acceptors (Lipinski definition) is 6. The zero-order chi connectivity index (χ0) is 18.5. The third kappa shape index (κ3) is 5.64. The van der Waals surface area contributed by atoms with Gasteiger partial charge in [-0.15, -0.1) is 17.5 Å². The van der Waals surface area contributed by atoms with Crippen LogP contribution in [-0.4, -0.2) is 70.3 Å². The number of benzene rings is 1. The molecule has 2 aromatic rings. The predicted octanol–water partition coefficient (Wildman–Crippen LogP) is 2.49. The zero-order valence-corrected chi connectivity index (χ0v) is 17.5. The lowest BCUT2D eigenvalue weighted by molar-refractivity contribution is 0.0934. The van der Waals surface area contributed by atoms with Gasteiger partial charge in [0, 0.05) is 26.2 Å². The first-order chi connectivity index (χ1) is 12.6. The van der Waals surface area contributed by atoms with E-state index >= 15 is 0 Å². The van der Waals surface area contributed by atoms with Gasteiger partial charge in [0.15, 0.2) is 5.82 Å². The molecule has 8 heteroatoms. The molecule has 0 aliphatic carbocycles. The van der Waals surface area contributed by atoms with E-state index in [2.05, 4.69) is 58.4 Å². The Hall–Kier alpha value is -1.70. The second-order valence-electron chi connectivity index (χ2n) is 7.53. The molecule has 0 N–H and O–H groups in total. The number of tetrazole rings is 1. The van der Waals surface area contributed by atoms with Crippen molar-refractivity contribution in [2.75, 3.05) is 40.3 Å². The summed E-state index contributed by atoms with van der Waals surface area (Å²) < 4.78 is 7.19. The fraction of sp³-hybridized carbons (Fsp3) is 0.632. The molecule has 0 bridgehead atoms. The fourth-order valence-electron chi connectivity index (χ4n) is 3.46. The summed E-state index contributed by atoms with van der Waals surface area (Å²) in [5, 5.41) is 12.7. The lowest BCUT2D eigenvalue weighted by Crippen LogP contribution is -2.46. The highest BCUT2D eigenvalue weighted by Crippen LogP contribution is 2.27. The lowest BCUT2D eigenvalue weighted by Gasteiger charge is -2.38. The third-order valence-electron chi connectivity index (χ3n) is 5.02. The Bertz CT molecular complexity index is 682. The Morgan fingerprint density at radius 3 is 2.33 bits per heavy atom. The van der Waals surface area contributed by atoms with Gasteiger partial charge in [-0.1, -0.05) is 26.0 Å². The third-order valence-corrected chi connectivity index (χ3v) is 5.02. The van der Waals surface area contributed by atoms with Crippen LogP contribution in [0.15, 0.2) is 24.3 Å². The molecule has 1 fully saturated rings. The van der Waals surface area contributed by atoms with E-state index in [-0.39, 0.29) is 18.4 Å². The quantitative estimate of drug-likeness (QED) is 0.719. The van der Waals surface area contributed by atoms with Crippen molar-refractivity contribution in [1.29, 1.82) is 0 Å². The van der Waals surface area contributed by atoms with Gasteiger partial charge in [0.1, 0.15) is 5.75 Å². The Morgan fingerprint density at radius 2 is 1.74 bits per heavy atom. The van der Waals surface area contributed by atoms with Crippen molar-refractivity contribution in [1.82, 2.24) is 30.0 Å². The maximum Gasteiger partial charge on any atom is 0.168 e. The second-order valence-corrected chi connectivity index (χ2v) is 7.53. The minimum Gasteiger partial charge on any atom is -0.497 e. The van der Waals surface area contributed by atoms with Crippen LogP contribution in [0.3, 0.4) is 0 Å². The molecule has 0 saturated carbocycles. The van der Waals surface area contributed by atoms with Crippen molar-refractivity contribution in [2.45, 2.75) is 32.9 Å². The highest BCUT2D eigenvalue weighted by Gasteiger charge is 2.29. The van der Waals surface area contributed by atoms with Gasteiger partial charge in [-0.3, -0.25) is 4.90 Å². The van der Waals surface area contributed by atoms with Crippen LogP contribution in [0.25, 0.3) is 0 Å². The number of hydrogen-bond donors (Lipinski definition) is 0. The van der Waals surface area contributed by atoms with E-state index < -0.39 is 0 Å². The number of ether oxygens (including phenoxy) is 1. The summed E-state index contributed by atoms with van der Waals surface area (Å²) in [6.45, 7) is 9.51. The van der Waals surface area contributed by atoms with Crippen molar-refractivity contribution in [3.63, 3.8) is 0 Å². The zero-order valence-electron chi connectivity index (χ0n) is 16.7. The molecule has 1 aromatic heterocycles. The fourth-order valence-corrected chi connectivity index (χ4v) is 3.46. The first kappa shape index (κ1) is 21.6. The molecule has 1 saturated heterocycles. The Morgan fingerprint density at radius 1 is 1.07 bits per heavy atom. The number of aromatic nitrogens is 4. The monoisotopic (exact) mass is 394 g/mol. The molecule has 0 spiro atoms. The van der Waals surface area contributed by atoms with E-state index in [1.165, 1.54) is 5.56 Å². The van der Waals surface area contributed by atoms with Gasteiger partial charge in [0.25, 0.3) is 0 Å². The average molecular weight is 395 g/mol. The summed E-state index contributed by atoms with van der Waals surface area (Å²) >= 11 is 0. The van der Waals surface area contributed by atoms with Gasteiger partial charge in [0.05, 0.1) is 19.7 Å². The van der Waals surface area contributed by atoms with E-state index in [1.807, 2.05) is 16.8 Å². The van der Waals surface area contributed by atoms with Crippen LogP contribution in [-0.2, 0) is 6.54 Å². The molecular formula is C19H31ClN6O. The van der Waals surface area contributed by atoms with Crippen LogP contribution in [0.2, 0.25) is 0 Å². The summed E-state index contributed by atoms with van der Waals surface area (Å²) in [5.74, 6) is 2.42. The van der Waals surface area contributed by atoms with Crippen LogP contribution in [0, 0.1) is 5.92 Å². The van der Waals surface area contributed by atoms with Gasteiger partial charge >= 0.3 is 0 Å². The number of rotatable bonds is 7. The van der Waals surface area contributed by atoms with Gasteiger partial charge in [-0.05, 0) is 47.5 Å². The van der Waals surface area contributed by atoms with Crippen LogP contribution >= 0.6 is 12.4 Å². The van der Waals surface area contributed by atoms with Gasteiger partial charge in [-0.2, -0.15) is 0 Å².